The minimum absolute atomic E-state index is 0.245. The second-order valence-electron chi connectivity index (χ2n) is 9.21. The fourth-order valence-corrected chi connectivity index (χ4v) is 5.16. The highest BCUT2D eigenvalue weighted by atomic mass is 15.1. The van der Waals surface area contributed by atoms with Crippen LogP contribution in [0.3, 0.4) is 0 Å². The number of rotatable bonds is 3. The van der Waals surface area contributed by atoms with Crippen molar-refractivity contribution in [3.05, 3.63) is 93.9 Å². The zero-order chi connectivity index (χ0) is 20.0. The Morgan fingerprint density at radius 3 is 2.45 bits per heavy atom. The first-order chi connectivity index (χ1) is 14.0. The van der Waals surface area contributed by atoms with E-state index in [-0.39, 0.29) is 11.5 Å². The fraction of sp³-hybridized carbons (Fsp3) is 0.286. The predicted molar refractivity (Wildman–Crippen MR) is 123 cm³/mol. The summed E-state index contributed by atoms with van der Waals surface area (Å²) in [7, 11) is 2.25. The summed E-state index contributed by atoms with van der Waals surface area (Å²) in [5.74, 6) is 0. The molecule has 3 aromatic rings. The summed E-state index contributed by atoms with van der Waals surface area (Å²) < 4.78 is 0. The minimum atomic E-state index is 0.245. The molecule has 1 unspecified atom stereocenters. The third-order valence-corrected chi connectivity index (χ3v) is 6.78. The molecule has 1 heteroatoms. The van der Waals surface area contributed by atoms with E-state index in [0.717, 1.165) is 13.0 Å². The standard InChI is InChI=1S/C28H29N/c1-28(2)17-9-14-23-25-18-27(29(3)19-20-10-5-4-6-11-20)24-13-8-7-12-21(24)22(25)15-16-26(23)28/h4-8,10-16,18,27H,9,17,19H2,1-3H3. The highest BCUT2D eigenvalue weighted by Crippen LogP contribution is 2.36. The Morgan fingerprint density at radius 1 is 0.862 bits per heavy atom. The zero-order valence-corrected chi connectivity index (χ0v) is 17.7. The van der Waals surface area contributed by atoms with Crippen LogP contribution in [-0.2, 0) is 12.0 Å². The van der Waals surface area contributed by atoms with Crippen molar-refractivity contribution in [2.75, 3.05) is 7.05 Å². The van der Waals surface area contributed by atoms with Crippen molar-refractivity contribution >= 4 is 12.2 Å². The summed E-state index contributed by atoms with van der Waals surface area (Å²) >= 11 is 0. The Hall–Kier alpha value is -2.64. The van der Waals surface area contributed by atoms with Crippen LogP contribution >= 0.6 is 0 Å². The largest absolute Gasteiger partial charge is 0.292 e. The molecular formula is C28H29N. The van der Waals surface area contributed by atoms with Crippen LogP contribution in [0.25, 0.3) is 23.3 Å². The van der Waals surface area contributed by atoms with Crippen LogP contribution in [0, 0.1) is 0 Å². The van der Waals surface area contributed by atoms with Crippen LogP contribution in [0.15, 0.2) is 66.7 Å². The maximum atomic E-state index is 2.51. The minimum Gasteiger partial charge on any atom is -0.292 e. The van der Waals surface area contributed by atoms with Gasteiger partial charge in [-0.15, -0.1) is 0 Å². The molecule has 0 bridgehead atoms. The highest BCUT2D eigenvalue weighted by Gasteiger charge is 2.28. The quantitative estimate of drug-likeness (QED) is 0.607. The van der Waals surface area contributed by atoms with Crippen molar-refractivity contribution in [2.24, 2.45) is 0 Å². The number of fused-ring (bicyclic) bond motifs is 5. The Balaban J connectivity index is 1.69. The van der Waals surface area contributed by atoms with Crippen LogP contribution < -0.4 is 10.4 Å². The van der Waals surface area contributed by atoms with Gasteiger partial charge in [0, 0.05) is 6.54 Å². The van der Waals surface area contributed by atoms with Gasteiger partial charge in [0.25, 0.3) is 0 Å². The van der Waals surface area contributed by atoms with E-state index >= 15 is 0 Å². The number of benzene rings is 3. The summed E-state index contributed by atoms with van der Waals surface area (Å²) in [6, 6.07) is 24.8. The molecule has 0 radical (unpaired) electrons. The molecule has 5 rings (SSSR count). The molecule has 146 valence electrons. The molecule has 2 aliphatic rings. The molecule has 0 aliphatic heterocycles. The van der Waals surface area contributed by atoms with Crippen molar-refractivity contribution in [3.63, 3.8) is 0 Å². The Morgan fingerprint density at radius 2 is 1.62 bits per heavy atom. The third kappa shape index (κ3) is 3.14. The first-order valence-corrected chi connectivity index (χ1v) is 10.7. The molecule has 1 atom stereocenters. The second-order valence-corrected chi connectivity index (χ2v) is 9.21. The van der Waals surface area contributed by atoms with E-state index in [1.165, 1.54) is 44.7 Å². The molecule has 2 aliphatic carbocycles. The number of hydrogen-bond donors (Lipinski definition) is 0. The third-order valence-electron chi connectivity index (χ3n) is 6.78. The molecule has 0 saturated carbocycles. The van der Waals surface area contributed by atoms with E-state index in [9.17, 15) is 0 Å². The van der Waals surface area contributed by atoms with Crippen LogP contribution in [-0.4, -0.2) is 11.9 Å². The van der Waals surface area contributed by atoms with Crippen LogP contribution in [0.1, 0.15) is 49.4 Å². The Kier molecular flexibility index (Phi) is 4.44. The van der Waals surface area contributed by atoms with Gasteiger partial charge in [-0.05, 0) is 63.6 Å². The van der Waals surface area contributed by atoms with E-state index in [1.54, 1.807) is 0 Å². The van der Waals surface area contributed by atoms with Gasteiger partial charge < -0.3 is 0 Å². The van der Waals surface area contributed by atoms with E-state index in [0.29, 0.717) is 0 Å². The van der Waals surface area contributed by atoms with E-state index in [4.69, 9.17) is 0 Å². The van der Waals surface area contributed by atoms with Crippen molar-refractivity contribution in [1.29, 1.82) is 0 Å². The molecule has 3 aromatic carbocycles. The van der Waals surface area contributed by atoms with Gasteiger partial charge in [-0.25, -0.2) is 0 Å². The lowest BCUT2D eigenvalue weighted by atomic mass is 9.74. The SMILES string of the molecule is CN(Cc1ccccc1)C1C=c2c(ccc3c2=CCCC3(C)C)-c2ccccc21. The van der Waals surface area contributed by atoms with Crippen LogP contribution in [0.5, 0.6) is 0 Å². The molecule has 0 spiro atoms. The van der Waals surface area contributed by atoms with Gasteiger partial charge in [0.1, 0.15) is 0 Å². The van der Waals surface area contributed by atoms with E-state index in [1.807, 2.05) is 0 Å². The summed E-state index contributed by atoms with van der Waals surface area (Å²) in [6.07, 6.45) is 7.37. The molecule has 0 heterocycles. The van der Waals surface area contributed by atoms with Gasteiger partial charge in [-0.3, -0.25) is 4.90 Å². The zero-order valence-electron chi connectivity index (χ0n) is 17.7. The van der Waals surface area contributed by atoms with Gasteiger partial charge in [0.15, 0.2) is 0 Å². The maximum Gasteiger partial charge on any atom is 0.0547 e. The van der Waals surface area contributed by atoms with Gasteiger partial charge in [-0.1, -0.05) is 92.7 Å². The molecule has 1 nitrogen and oxygen atoms in total. The predicted octanol–water partition coefficient (Wildman–Crippen LogP) is 5.17. The topological polar surface area (TPSA) is 3.24 Å². The van der Waals surface area contributed by atoms with Gasteiger partial charge >= 0.3 is 0 Å². The van der Waals surface area contributed by atoms with E-state index < -0.39 is 0 Å². The van der Waals surface area contributed by atoms with Crippen molar-refractivity contribution in [1.82, 2.24) is 4.90 Å². The van der Waals surface area contributed by atoms with Gasteiger partial charge in [0.2, 0.25) is 0 Å². The molecule has 0 aromatic heterocycles. The molecule has 0 fully saturated rings. The number of nitrogens with zero attached hydrogens (tertiary/aromatic N) is 1. The van der Waals surface area contributed by atoms with Crippen LogP contribution in [0.4, 0.5) is 0 Å². The molecule has 0 amide bonds. The summed E-state index contributed by atoms with van der Waals surface area (Å²) in [4.78, 5) is 2.48. The summed E-state index contributed by atoms with van der Waals surface area (Å²) in [6.45, 7) is 5.72. The second kappa shape index (κ2) is 7.00. The lowest BCUT2D eigenvalue weighted by molar-refractivity contribution is 0.289. The first kappa shape index (κ1) is 18.4. The normalized spacial score (nSPS) is 18.8. The van der Waals surface area contributed by atoms with Crippen LogP contribution in [0.2, 0.25) is 0 Å². The lowest BCUT2D eigenvalue weighted by Crippen LogP contribution is -2.41. The monoisotopic (exact) mass is 379 g/mol. The average molecular weight is 380 g/mol. The van der Waals surface area contributed by atoms with Crippen molar-refractivity contribution < 1.29 is 0 Å². The van der Waals surface area contributed by atoms with Crippen molar-refractivity contribution in [2.45, 2.75) is 44.7 Å². The molecular weight excluding hydrogens is 350 g/mol. The smallest absolute Gasteiger partial charge is 0.0547 e. The van der Waals surface area contributed by atoms with Crippen molar-refractivity contribution in [3.8, 4) is 11.1 Å². The number of hydrogen-bond acceptors (Lipinski definition) is 1. The maximum absolute atomic E-state index is 2.51. The molecule has 0 N–H and O–H groups in total. The summed E-state index contributed by atoms with van der Waals surface area (Å²) in [5.41, 5.74) is 7.28. The molecule has 0 saturated heterocycles. The summed E-state index contributed by atoms with van der Waals surface area (Å²) in [5, 5.41) is 2.89. The highest BCUT2D eigenvalue weighted by molar-refractivity contribution is 5.76. The van der Waals surface area contributed by atoms with Gasteiger partial charge in [0.05, 0.1) is 6.04 Å². The first-order valence-electron chi connectivity index (χ1n) is 10.7. The fourth-order valence-electron chi connectivity index (χ4n) is 5.16. The van der Waals surface area contributed by atoms with E-state index in [2.05, 4.69) is 105 Å². The Bertz CT molecular complexity index is 1170. The Labute approximate surface area is 174 Å². The lowest BCUT2D eigenvalue weighted by Gasteiger charge is -2.33. The molecule has 29 heavy (non-hydrogen) atoms. The average Bonchev–Trinajstić information content (AvgIpc) is 2.73. The van der Waals surface area contributed by atoms with Gasteiger partial charge in [-0.2, -0.15) is 0 Å².